The van der Waals surface area contributed by atoms with Crippen LogP contribution in [0.4, 0.5) is 0 Å². The highest BCUT2D eigenvalue weighted by molar-refractivity contribution is 5.79. The fraction of sp³-hybridized carbons (Fsp3) is 0.630. The summed E-state index contributed by atoms with van der Waals surface area (Å²) in [6.07, 6.45) is -1.27. The van der Waals surface area contributed by atoms with Crippen molar-refractivity contribution in [2.24, 2.45) is 29.4 Å². The van der Waals surface area contributed by atoms with Crippen LogP contribution in [0.2, 0.25) is 0 Å². The van der Waals surface area contributed by atoms with E-state index < -0.39 is 42.1 Å². The number of carbonyl (C=O) groups excluding carboxylic acids is 4. The molecule has 0 bridgehead atoms. The van der Waals surface area contributed by atoms with Gasteiger partial charge in [0.05, 0.1) is 17.8 Å². The molecule has 0 saturated heterocycles. The van der Waals surface area contributed by atoms with Gasteiger partial charge in [-0.2, -0.15) is 0 Å². The summed E-state index contributed by atoms with van der Waals surface area (Å²) in [7, 11) is 0. The average molecular weight is 508 g/mol. The number of esters is 4. The molecular weight excluding hydrogens is 466 g/mol. The van der Waals surface area contributed by atoms with Gasteiger partial charge in [0.15, 0.2) is 11.5 Å². The van der Waals surface area contributed by atoms with Crippen LogP contribution in [0.3, 0.4) is 0 Å². The van der Waals surface area contributed by atoms with E-state index in [4.69, 9.17) is 24.7 Å². The van der Waals surface area contributed by atoms with Gasteiger partial charge in [0.1, 0.15) is 18.2 Å². The minimum atomic E-state index is -1.03. The van der Waals surface area contributed by atoms with Gasteiger partial charge in [0.2, 0.25) is 0 Å². The van der Waals surface area contributed by atoms with Crippen molar-refractivity contribution in [3.63, 3.8) is 0 Å². The molecule has 0 radical (unpaired) electrons. The fourth-order valence-electron chi connectivity index (χ4n) is 2.66. The van der Waals surface area contributed by atoms with Gasteiger partial charge in [-0.3, -0.25) is 19.2 Å². The lowest BCUT2D eigenvalue weighted by atomic mass is 9.98. The Hall–Kier alpha value is -2.94. The second-order valence-electron chi connectivity index (χ2n) is 10.1. The zero-order valence-corrected chi connectivity index (χ0v) is 22.8. The summed E-state index contributed by atoms with van der Waals surface area (Å²) in [5.41, 5.74) is 6.65. The second-order valence-corrected chi connectivity index (χ2v) is 10.1. The van der Waals surface area contributed by atoms with Gasteiger partial charge in [0.25, 0.3) is 0 Å². The van der Waals surface area contributed by atoms with Gasteiger partial charge in [-0.1, -0.05) is 54.5 Å². The first-order chi connectivity index (χ1) is 16.6. The Labute approximate surface area is 214 Å². The molecule has 1 aromatic carbocycles. The molecule has 1 unspecified atom stereocenters. The van der Waals surface area contributed by atoms with Crippen LogP contribution < -0.4 is 15.2 Å². The van der Waals surface area contributed by atoms with Gasteiger partial charge >= 0.3 is 23.9 Å². The van der Waals surface area contributed by atoms with Crippen molar-refractivity contribution in [1.29, 1.82) is 0 Å². The van der Waals surface area contributed by atoms with Crippen LogP contribution >= 0.6 is 0 Å². The summed E-state index contributed by atoms with van der Waals surface area (Å²) in [4.78, 5) is 49.0. The van der Waals surface area contributed by atoms with Crippen molar-refractivity contribution in [2.75, 3.05) is 0 Å². The zero-order chi connectivity index (χ0) is 27.7. The molecule has 0 heterocycles. The minimum absolute atomic E-state index is 0.0638. The first kappa shape index (κ1) is 31.1. The Balaban J connectivity index is 2.90. The highest BCUT2D eigenvalue weighted by Gasteiger charge is 2.27. The quantitative estimate of drug-likeness (QED) is 0.331. The number of hydrogen-bond donors (Lipinski definition) is 1. The molecule has 2 N–H and O–H groups in total. The van der Waals surface area contributed by atoms with Crippen molar-refractivity contribution in [3.05, 3.63) is 23.8 Å². The summed E-state index contributed by atoms with van der Waals surface area (Å²) in [5.74, 6) is -2.76. The predicted molar refractivity (Wildman–Crippen MR) is 134 cm³/mol. The van der Waals surface area contributed by atoms with Crippen LogP contribution in [0.1, 0.15) is 67.9 Å². The highest BCUT2D eigenvalue weighted by Crippen LogP contribution is 2.30. The number of ether oxygens (including phenoxy) is 4. The molecule has 0 saturated carbocycles. The molecule has 36 heavy (non-hydrogen) atoms. The van der Waals surface area contributed by atoms with E-state index in [0.29, 0.717) is 5.56 Å². The standard InChI is InChI=1S/C27H41NO8/c1-14(2)17(7)26(31)33-18(8)19(9)34-27(32)21(28)12-20-10-11-22(35-24(29)15(3)4)23(13-20)36-25(30)16(5)6/h10-11,13-19,21H,12,28H2,1-9H3/t17?,18-,19-,21-/m0/s1. The van der Waals surface area contributed by atoms with E-state index in [1.807, 2.05) is 13.8 Å². The summed E-state index contributed by atoms with van der Waals surface area (Å²) in [5, 5.41) is 0. The number of rotatable bonds is 12. The van der Waals surface area contributed by atoms with Gasteiger partial charge in [-0.15, -0.1) is 0 Å². The lowest BCUT2D eigenvalue weighted by Gasteiger charge is -2.24. The van der Waals surface area contributed by atoms with Crippen molar-refractivity contribution in [2.45, 2.75) is 87.0 Å². The molecule has 4 atom stereocenters. The van der Waals surface area contributed by atoms with E-state index in [-0.39, 0.29) is 41.6 Å². The minimum Gasteiger partial charge on any atom is -0.459 e. The lowest BCUT2D eigenvalue weighted by molar-refractivity contribution is -0.169. The summed E-state index contributed by atoms with van der Waals surface area (Å²) >= 11 is 0. The molecule has 0 aromatic heterocycles. The molecule has 1 rings (SSSR count). The maximum absolute atomic E-state index is 12.6. The van der Waals surface area contributed by atoms with Crippen LogP contribution in [-0.2, 0) is 35.1 Å². The van der Waals surface area contributed by atoms with Gasteiger partial charge in [-0.05, 0) is 43.9 Å². The van der Waals surface area contributed by atoms with E-state index >= 15 is 0 Å². The smallest absolute Gasteiger partial charge is 0.323 e. The van der Waals surface area contributed by atoms with Gasteiger partial charge in [-0.25, -0.2) is 0 Å². The Morgan fingerprint density at radius 2 is 1.17 bits per heavy atom. The van der Waals surface area contributed by atoms with E-state index in [9.17, 15) is 19.2 Å². The molecule has 0 aliphatic carbocycles. The topological polar surface area (TPSA) is 131 Å². The second kappa shape index (κ2) is 14.0. The first-order valence-electron chi connectivity index (χ1n) is 12.4. The number of benzene rings is 1. The molecule has 0 spiro atoms. The maximum Gasteiger partial charge on any atom is 0.323 e. The van der Waals surface area contributed by atoms with Crippen molar-refractivity contribution in [3.8, 4) is 11.5 Å². The van der Waals surface area contributed by atoms with Crippen molar-refractivity contribution < 1.29 is 38.1 Å². The van der Waals surface area contributed by atoms with Crippen LogP contribution in [0.5, 0.6) is 11.5 Å². The van der Waals surface area contributed by atoms with E-state index in [0.717, 1.165) is 0 Å². The molecule has 0 amide bonds. The van der Waals surface area contributed by atoms with Crippen LogP contribution in [0.15, 0.2) is 18.2 Å². The lowest BCUT2D eigenvalue weighted by Crippen LogP contribution is -2.40. The molecular formula is C27H41NO8. The Bertz CT molecular complexity index is 924. The number of hydrogen-bond acceptors (Lipinski definition) is 9. The number of carbonyl (C=O) groups is 4. The molecule has 1 aromatic rings. The third-order valence-electron chi connectivity index (χ3n) is 5.77. The maximum atomic E-state index is 12.6. The monoisotopic (exact) mass is 507 g/mol. The summed E-state index contributed by atoms with van der Waals surface area (Å²) in [6, 6.07) is 3.61. The molecule has 9 heteroatoms. The fourth-order valence-corrected chi connectivity index (χ4v) is 2.66. The molecule has 0 aliphatic heterocycles. The first-order valence-corrected chi connectivity index (χ1v) is 12.4. The molecule has 0 aliphatic rings. The van der Waals surface area contributed by atoms with Crippen molar-refractivity contribution in [1.82, 2.24) is 0 Å². The van der Waals surface area contributed by atoms with E-state index in [1.54, 1.807) is 54.5 Å². The number of nitrogens with two attached hydrogens (primary N) is 1. The van der Waals surface area contributed by atoms with Gasteiger partial charge < -0.3 is 24.7 Å². The Morgan fingerprint density at radius 1 is 0.694 bits per heavy atom. The Kier molecular flexibility index (Phi) is 12.1. The molecule has 9 nitrogen and oxygen atoms in total. The molecule has 202 valence electrons. The normalized spacial score (nSPS) is 14.7. The Morgan fingerprint density at radius 3 is 1.64 bits per heavy atom. The predicted octanol–water partition coefficient (Wildman–Crippen LogP) is 3.83. The third-order valence-corrected chi connectivity index (χ3v) is 5.77. The highest BCUT2D eigenvalue weighted by atomic mass is 16.6. The zero-order valence-electron chi connectivity index (χ0n) is 22.8. The largest absolute Gasteiger partial charge is 0.459 e. The van der Waals surface area contributed by atoms with Gasteiger partial charge in [0, 0.05) is 0 Å². The van der Waals surface area contributed by atoms with Crippen LogP contribution in [0.25, 0.3) is 0 Å². The van der Waals surface area contributed by atoms with Crippen LogP contribution in [-0.4, -0.2) is 42.1 Å². The van der Waals surface area contributed by atoms with E-state index in [2.05, 4.69) is 0 Å². The molecule has 0 fully saturated rings. The van der Waals surface area contributed by atoms with E-state index in [1.165, 1.54) is 12.1 Å². The average Bonchev–Trinajstić information content (AvgIpc) is 2.79. The summed E-state index contributed by atoms with van der Waals surface area (Å²) < 4.78 is 21.6. The third kappa shape index (κ3) is 9.60. The van der Waals surface area contributed by atoms with Crippen LogP contribution in [0, 0.1) is 23.7 Å². The SMILES string of the molecule is CC(C)C(=O)Oc1ccc(C[C@H](N)C(=O)O[C@@H](C)[C@H](C)OC(=O)C(C)C(C)C)cc1OC(=O)C(C)C. The van der Waals surface area contributed by atoms with Crippen molar-refractivity contribution >= 4 is 23.9 Å². The summed E-state index contributed by atoms with van der Waals surface area (Å²) in [6.45, 7) is 15.7.